The predicted molar refractivity (Wildman–Crippen MR) is 80.4 cm³/mol. The highest BCUT2D eigenvalue weighted by molar-refractivity contribution is 5.97. The van der Waals surface area contributed by atoms with Gasteiger partial charge in [0.25, 0.3) is 0 Å². The third-order valence-corrected chi connectivity index (χ3v) is 4.95. The van der Waals surface area contributed by atoms with Crippen molar-refractivity contribution in [3.8, 4) is 0 Å². The van der Waals surface area contributed by atoms with E-state index in [9.17, 15) is 24.6 Å². The van der Waals surface area contributed by atoms with Crippen molar-refractivity contribution in [1.82, 2.24) is 0 Å². The second-order valence-electron chi connectivity index (χ2n) is 6.51. The lowest BCUT2D eigenvalue weighted by atomic mass is 9.86. The van der Waals surface area contributed by atoms with Crippen LogP contribution in [0, 0.1) is 17.8 Å². The molecule has 2 aliphatic rings. The lowest BCUT2D eigenvalue weighted by Crippen LogP contribution is -2.27. The average Bonchev–Trinajstić information content (AvgIpc) is 3.14. The van der Waals surface area contributed by atoms with Gasteiger partial charge in [-0.15, -0.1) is 0 Å². The van der Waals surface area contributed by atoms with Crippen LogP contribution >= 0.6 is 0 Å². The zero-order chi connectivity index (χ0) is 16.1. The number of carbonyl (C=O) groups excluding carboxylic acids is 1. The summed E-state index contributed by atoms with van der Waals surface area (Å²) in [6.45, 7) is 0. The Labute approximate surface area is 130 Å². The summed E-state index contributed by atoms with van der Waals surface area (Å²) >= 11 is 0. The first-order valence-corrected chi connectivity index (χ1v) is 8.19. The quantitative estimate of drug-likeness (QED) is 0.705. The number of carboxylic acids is 2. The van der Waals surface area contributed by atoms with Crippen LogP contribution in [0.5, 0.6) is 0 Å². The highest BCUT2D eigenvalue weighted by Crippen LogP contribution is 2.32. The Hall–Kier alpha value is -1.65. The van der Waals surface area contributed by atoms with Crippen molar-refractivity contribution in [2.45, 2.75) is 57.8 Å². The van der Waals surface area contributed by atoms with Gasteiger partial charge in [-0.3, -0.25) is 9.59 Å². The van der Waals surface area contributed by atoms with Gasteiger partial charge < -0.3 is 10.2 Å². The second-order valence-corrected chi connectivity index (χ2v) is 6.51. The van der Waals surface area contributed by atoms with Crippen molar-refractivity contribution in [3.05, 3.63) is 11.6 Å². The summed E-state index contributed by atoms with van der Waals surface area (Å²) in [5.74, 6) is -3.68. The van der Waals surface area contributed by atoms with Crippen molar-refractivity contribution in [2.24, 2.45) is 17.8 Å². The maximum Gasteiger partial charge on any atom is 0.332 e. The zero-order valence-electron chi connectivity index (χ0n) is 12.8. The number of allylic oxidation sites excluding steroid dienone is 1. The third-order valence-electron chi connectivity index (χ3n) is 4.95. The lowest BCUT2D eigenvalue weighted by molar-refractivity contribution is -0.145. The normalized spacial score (nSPS) is 21.9. The molecule has 0 radical (unpaired) electrons. The second kappa shape index (κ2) is 7.56. The Morgan fingerprint density at radius 2 is 1.50 bits per heavy atom. The molecule has 2 aliphatic carbocycles. The van der Waals surface area contributed by atoms with Crippen LogP contribution in [0.25, 0.3) is 0 Å². The summed E-state index contributed by atoms with van der Waals surface area (Å²) < 4.78 is 0. The number of hydrogen-bond donors (Lipinski definition) is 2. The van der Waals surface area contributed by atoms with E-state index in [1.807, 2.05) is 0 Å². The van der Waals surface area contributed by atoms with Crippen molar-refractivity contribution in [3.63, 3.8) is 0 Å². The summed E-state index contributed by atoms with van der Waals surface area (Å²) in [5, 5.41) is 18.8. The molecule has 1 unspecified atom stereocenters. The van der Waals surface area contributed by atoms with Crippen LogP contribution < -0.4 is 0 Å². The number of hydrogen-bond acceptors (Lipinski definition) is 3. The summed E-state index contributed by atoms with van der Waals surface area (Å²) in [5.41, 5.74) is -0.106. The van der Waals surface area contributed by atoms with Crippen LogP contribution in [0.4, 0.5) is 0 Å². The van der Waals surface area contributed by atoms with E-state index in [1.165, 1.54) is 0 Å². The maximum atomic E-state index is 12.2. The number of aliphatic carboxylic acids is 2. The van der Waals surface area contributed by atoms with E-state index in [-0.39, 0.29) is 29.6 Å². The number of carbonyl (C=O) groups is 3. The molecule has 2 saturated carbocycles. The molecule has 0 bridgehead atoms. The fourth-order valence-corrected chi connectivity index (χ4v) is 3.66. The Balaban J connectivity index is 2.13. The topological polar surface area (TPSA) is 91.7 Å². The molecular formula is C17H24O5. The van der Waals surface area contributed by atoms with Gasteiger partial charge >= 0.3 is 11.9 Å². The van der Waals surface area contributed by atoms with Crippen LogP contribution in [-0.2, 0) is 14.4 Å². The van der Waals surface area contributed by atoms with E-state index >= 15 is 0 Å². The van der Waals surface area contributed by atoms with E-state index in [1.54, 1.807) is 6.08 Å². The molecule has 0 spiro atoms. The summed E-state index contributed by atoms with van der Waals surface area (Å²) in [6, 6.07) is 0. The molecule has 122 valence electrons. The summed E-state index contributed by atoms with van der Waals surface area (Å²) in [4.78, 5) is 35.2. The molecule has 1 atom stereocenters. The first-order chi connectivity index (χ1) is 10.5. The number of carboxylic acid groups (broad SMARTS) is 2. The molecule has 0 amide bonds. The van der Waals surface area contributed by atoms with Gasteiger partial charge in [0, 0.05) is 17.9 Å². The molecule has 22 heavy (non-hydrogen) atoms. The van der Waals surface area contributed by atoms with Crippen LogP contribution in [-0.4, -0.2) is 27.9 Å². The first-order valence-electron chi connectivity index (χ1n) is 8.19. The predicted octanol–water partition coefficient (Wildman–Crippen LogP) is 3.04. The van der Waals surface area contributed by atoms with E-state index in [0.717, 1.165) is 51.4 Å². The average molecular weight is 308 g/mol. The molecule has 5 nitrogen and oxygen atoms in total. The first kappa shape index (κ1) is 16.7. The molecule has 2 fully saturated rings. The molecule has 0 saturated heterocycles. The molecule has 5 heteroatoms. The highest BCUT2D eigenvalue weighted by Gasteiger charge is 2.33. The van der Waals surface area contributed by atoms with Crippen LogP contribution in [0.15, 0.2) is 11.6 Å². The van der Waals surface area contributed by atoms with E-state index in [4.69, 9.17) is 0 Å². The van der Waals surface area contributed by atoms with Crippen LogP contribution in [0.3, 0.4) is 0 Å². The molecule has 0 aliphatic heterocycles. The minimum Gasteiger partial charge on any atom is -0.481 e. The van der Waals surface area contributed by atoms with Crippen LogP contribution in [0.2, 0.25) is 0 Å². The molecular weight excluding hydrogens is 284 g/mol. The van der Waals surface area contributed by atoms with Gasteiger partial charge in [0.1, 0.15) is 5.78 Å². The van der Waals surface area contributed by atoms with Crippen LogP contribution in [0.1, 0.15) is 57.8 Å². The summed E-state index contributed by atoms with van der Waals surface area (Å²) in [7, 11) is 0. The fraction of sp³-hybridized carbons (Fsp3) is 0.706. The smallest absolute Gasteiger partial charge is 0.332 e. The van der Waals surface area contributed by atoms with Gasteiger partial charge in [0.15, 0.2) is 0 Å². The van der Waals surface area contributed by atoms with Gasteiger partial charge in [-0.25, -0.2) is 4.79 Å². The van der Waals surface area contributed by atoms with E-state index < -0.39 is 17.9 Å². The largest absolute Gasteiger partial charge is 0.481 e. The maximum absolute atomic E-state index is 12.2. The lowest BCUT2D eigenvalue weighted by Gasteiger charge is -2.16. The fourth-order valence-electron chi connectivity index (χ4n) is 3.66. The standard InChI is InChI=1S/C17H24O5/c18-15(12-7-3-4-8-12)10-14(17(21)22)13(16(19)20)9-11-5-1-2-6-11/h9,11-12,14H,1-8,10H2,(H,19,20)(H,21,22). The number of Topliss-reactive ketones (excluding diaryl/α,β-unsaturated/α-hetero) is 1. The Morgan fingerprint density at radius 3 is 2.00 bits per heavy atom. The molecule has 0 aromatic carbocycles. The summed E-state index contributed by atoms with van der Waals surface area (Å²) in [6.07, 6.45) is 8.91. The van der Waals surface area contributed by atoms with Crippen molar-refractivity contribution < 1.29 is 24.6 Å². The Morgan fingerprint density at radius 1 is 0.955 bits per heavy atom. The minimum absolute atomic E-state index is 0.0802. The minimum atomic E-state index is -1.22. The number of rotatable bonds is 7. The third kappa shape index (κ3) is 4.18. The van der Waals surface area contributed by atoms with Crippen molar-refractivity contribution >= 4 is 17.7 Å². The van der Waals surface area contributed by atoms with Gasteiger partial charge in [-0.05, 0) is 31.6 Å². The van der Waals surface area contributed by atoms with Crippen molar-refractivity contribution in [2.75, 3.05) is 0 Å². The van der Waals surface area contributed by atoms with Gasteiger partial charge in [0.2, 0.25) is 0 Å². The Bertz CT molecular complexity index is 467. The SMILES string of the molecule is O=C(O)C(=CC1CCCC1)C(CC(=O)C1CCCC1)C(=O)O. The van der Waals surface area contributed by atoms with Crippen molar-refractivity contribution in [1.29, 1.82) is 0 Å². The van der Waals surface area contributed by atoms with Gasteiger partial charge in [-0.1, -0.05) is 31.8 Å². The Kier molecular flexibility index (Phi) is 5.75. The van der Waals surface area contributed by atoms with E-state index in [2.05, 4.69) is 0 Å². The zero-order valence-corrected chi connectivity index (χ0v) is 12.8. The monoisotopic (exact) mass is 308 g/mol. The number of ketones is 1. The molecule has 2 N–H and O–H groups in total. The highest BCUT2D eigenvalue weighted by atomic mass is 16.4. The molecule has 0 heterocycles. The van der Waals surface area contributed by atoms with Gasteiger partial charge in [0.05, 0.1) is 5.92 Å². The molecule has 0 aromatic rings. The molecule has 0 aromatic heterocycles. The molecule has 2 rings (SSSR count). The van der Waals surface area contributed by atoms with E-state index in [0.29, 0.717) is 0 Å². The van der Waals surface area contributed by atoms with Gasteiger partial charge in [-0.2, -0.15) is 0 Å².